The quantitative estimate of drug-likeness (QED) is 0.366. The van der Waals surface area contributed by atoms with Crippen LogP contribution in [0.2, 0.25) is 0 Å². The highest BCUT2D eigenvalue weighted by atomic mass is 16.6. The zero-order valence-electron chi connectivity index (χ0n) is 27.2. The number of ether oxygens (including phenoxy) is 5. The summed E-state index contributed by atoms with van der Waals surface area (Å²) in [6.45, 7) is 11.4. The molecule has 12 nitrogen and oxygen atoms in total. The molecule has 2 fully saturated rings. The fraction of sp³-hybridized carbons (Fsp3) is 0.656. The Bertz CT molecular complexity index is 1120. The van der Waals surface area contributed by atoms with Gasteiger partial charge in [-0.15, -0.1) is 0 Å². The molecule has 3 rings (SSSR count). The number of methoxy groups -OCH3 is 2. The Morgan fingerprint density at radius 2 is 1.30 bits per heavy atom. The van der Waals surface area contributed by atoms with Gasteiger partial charge in [-0.1, -0.05) is 30.3 Å². The molecule has 4 atom stereocenters. The summed E-state index contributed by atoms with van der Waals surface area (Å²) in [5.41, 5.74) is -0.311. The Morgan fingerprint density at radius 3 is 1.82 bits per heavy atom. The van der Waals surface area contributed by atoms with Gasteiger partial charge in [0.25, 0.3) is 0 Å². The summed E-state index contributed by atoms with van der Waals surface area (Å²) in [6.07, 6.45) is 1.37. The lowest BCUT2D eigenvalue weighted by Gasteiger charge is -2.37. The van der Waals surface area contributed by atoms with Gasteiger partial charge in [0.15, 0.2) is 0 Å². The predicted molar refractivity (Wildman–Crippen MR) is 160 cm³/mol. The molecule has 2 aliphatic rings. The smallest absolute Gasteiger partial charge is 0.410 e. The van der Waals surface area contributed by atoms with Crippen molar-refractivity contribution in [2.75, 3.05) is 27.3 Å². The van der Waals surface area contributed by atoms with Gasteiger partial charge < -0.3 is 29.0 Å². The lowest BCUT2D eigenvalue weighted by atomic mass is 9.93. The molecule has 0 aliphatic carbocycles. The number of carbonyl (C=O) groups excluding carboxylic acids is 5. The third-order valence-electron chi connectivity index (χ3n) is 6.88. The van der Waals surface area contributed by atoms with Gasteiger partial charge in [0.05, 0.1) is 26.1 Å². The monoisotopic (exact) mass is 620 g/mol. The molecular weight excluding hydrogens is 572 g/mol. The van der Waals surface area contributed by atoms with Crippen LogP contribution in [-0.4, -0.2) is 85.5 Å². The first-order valence-corrected chi connectivity index (χ1v) is 14.9. The zero-order valence-corrected chi connectivity index (χ0v) is 27.2. The van der Waals surface area contributed by atoms with Crippen molar-refractivity contribution in [1.29, 1.82) is 0 Å². The van der Waals surface area contributed by atoms with Crippen LogP contribution in [0.4, 0.5) is 4.79 Å². The summed E-state index contributed by atoms with van der Waals surface area (Å²) in [4.78, 5) is 61.4. The van der Waals surface area contributed by atoms with Crippen LogP contribution in [0.1, 0.15) is 72.8 Å². The summed E-state index contributed by atoms with van der Waals surface area (Å²) in [5.74, 6) is -2.02. The zero-order chi connectivity index (χ0) is 33.1. The molecule has 0 spiro atoms. The lowest BCUT2D eigenvalue weighted by Crippen LogP contribution is -2.53. The SMILES string of the molecule is COC(=O)[C@H]1CC[C@@H](C(=O)OC(C)(C)C)N(C(=O)OCc2ccccc2)C1.COC(=O)[C@H]1CC[C@@H](C(=O)OC(C)(C)C)NC1. The number of benzene rings is 1. The van der Waals surface area contributed by atoms with Crippen molar-refractivity contribution < 1.29 is 47.7 Å². The van der Waals surface area contributed by atoms with E-state index < -0.39 is 41.2 Å². The number of hydrogen-bond acceptors (Lipinski definition) is 11. The fourth-order valence-corrected chi connectivity index (χ4v) is 4.75. The Balaban J connectivity index is 0.000000342. The number of likely N-dealkylation sites (tertiary alicyclic amines) is 1. The largest absolute Gasteiger partial charge is 0.469 e. The molecule has 1 aromatic rings. The van der Waals surface area contributed by atoms with E-state index in [1.165, 1.54) is 19.1 Å². The van der Waals surface area contributed by atoms with E-state index in [1.807, 2.05) is 51.1 Å². The number of esters is 4. The average molecular weight is 621 g/mol. The van der Waals surface area contributed by atoms with Crippen molar-refractivity contribution in [2.24, 2.45) is 11.8 Å². The molecule has 1 aromatic carbocycles. The van der Waals surface area contributed by atoms with Crippen molar-refractivity contribution in [3.05, 3.63) is 35.9 Å². The van der Waals surface area contributed by atoms with Crippen LogP contribution in [0.25, 0.3) is 0 Å². The lowest BCUT2D eigenvalue weighted by molar-refractivity contribution is -0.165. The first kappa shape index (κ1) is 36.5. The topological polar surface area (TPSA) is 147 Å². The molecule has 1 amide bonds. The van der Waals surface area contributed by atoms with Gasteiger partial charge in [-0.2, -0.15) is 0 Å². The van der Waals surface area contributed by atoms with E-state index in [1.54, 1.807) is 20.8 Å². The van der Waals surface area contributed by atoms with E-state index in [0.29, 0.717) is 32.2 Å². The highest BCUT2D eigenvalue weighted by molar-refractivity contribution is 5.83. The molecular formula is C32H48N2O10. The van der Waals surface area contributed by atoms with Crippen LogP contribution in [0.5, 0.6) is 0 Å². The van der Waals surface area contributed by atoms with Crippen LogP contribution in [0.15, 0.2) is 30.3 Å². The van der Waals surface area contributed by atoms with Gasteiger partial charge in [0, 0.05) is 13.1 Å². The van der Waals surface area contributed by atoms with Gasteiger partial charge >= 0.3 is 30.0 Å². The molecule has 12 heteroatoms. The molecule has 0 unspecified atom stereocenters. The van der Waals surface area contributed by atoms with Crippen LogP contribution in [-0.2, 0) is 49.5 Å². The van der Waals surface area contributed by atoms with Crippen LogP contribution in [0.3, 0.4) is 0 Å². The Kier molecular flexibility index (Phi) is 13.6. The maximum absolute atomic E-state index is 12.7. The second kappa shape index (κ2) is 16.4. The van der Waals surface area contributed by atoms with E-state index in [-0.39, 0.29) is 37.0 Å². The minimum absolute atomic E-state index is 0.0597. The third kappa shape index (κ3) is 12.1. The third-order valence-corrected chi connectivity index (χ3v) is 6.88. The van der Waals surface area contributed by atoms with E-state index in [2.05, 4.69) is 10.1 Å². The van der Waals surface area contributed by atoms with Gasteiger partial charge in [0.2, 0.25) is 0 Å². The Hall–Kier alpha value is -3.67. The van der Waals surface area contributed by atoms with E-state index >= 15 is 0 Å². The van der Waals surface area contributed by atoms with Crippen LogP contribution < -0.4 is 5.32 Å². The van der Waals surface area contributed by atoms with E-state index in [4.69, 9.17) is 18.9 Å². The molecule has 0 bridgehead atoms. The number of amides is 1. The number of carbonyl (C=O) groups is 5. The number of piperidine rings is 2. The first-order chi connectivity index (χ1) is 20.5. The highest BCUT2D eigenvalue weighted by Gasteiger charge is 2.41. The summed E-state index contributed by atoms with van der Waals surface area (Å²) in [7, 11) is 2.68. The summed E-state index contributed by atoms with van der Waals surface area (Å²) >= 11 is 0. The van der Waals surface area contributed by atoms with Gasteiger partial charge in [0.1, 0.15) is 29.9 Å². The van der Waals surface area contributed by atoms with Crippen molar-refractivity contribution in [3.63, 3.8) is 0 Å². The number of nitrogens with one attached hydrogen (secondary N) is 1. The summed E-state index contributed by atoms with van der Waals surface area (Å²) in [6, 6.07) is 8.15. The molecule has 0 saturated carbocycles. The van der Waals surface area contributed by atoms with Gasteiger partial charge in [-0.3, -0.25) is 19.3 Å². The molecule has 2 aliphatic heterocycles. The number of hydrogen-bond donors (Lipinski definition) is 1. The second-order valence-corrected chi connectivity index (χ2v) is 12.8. The van der Waals surface area contributed by atoms with E-state index in [9.17, 15) is 24.0 Å². The van der Waals surface area contributed by atoms with Gasteiger partial charge in [-0.25, -0.2) is 9.59 Å². The number of nitrogens with zero attached hydrogens (tertiary/aromatic N) is 1. The molecule has 44 heavy (non-hydrogen) atoms. The average Bonchev–Trinajstić information content (AvgIpc) is 2.98. The first-order valence-electron chi connectivity index (χ1n) is 14.9. The molecule has 2 heterocycles. The maximum Gasteiger partial charge on any atom is 0.410 e. The Labute approximate surface area is 260 Å². The van der Waals surface area contributed by atoms with Crippen LogP contribution in [0, 0.1) is 11.8 Å². The Morgan fingerprint density at radius 1 is 0.750 bits per heavy atom. The fourth-order valence-electron chi connectivity index (χ4n) is 4.75. The minimum atomic E-state index is -0.784. The summed E-state index contributed by atoms with van der Waals surface area (Å²) < 4.78 is 25.5. The predicted octanol–water partition coefficient (Wildman–Crippen LogP) is 3.79. The second-order valence-electron chi connectivity index (χ2n) is 12.8. The molecule has 0 aromatic heterocycles. The molecule has 0 radical (unpaired) electrons. The van der Waals surface area contributed by atoms with Crippen molar-refractivity contribution in [1.82, 2.24) is 10.2 Å². The van der Waals surface area contributed by atoms with Gasteiger partial charge in [-0.05, 0) is 72.8 Å². The van der Waals surface area contributed by atoms with Crippen molar-refractivity contribution >= 4 is 30.0 Å². The summed E-state index contributed by atoms with van der Waals surface area (Å²) in [5, 5.41) is 3.03. The number of rotatable bonds is 6. The molecule has 246 valence electrons. The maximum atomic E-state index is 12.7. The normalized spacial score (nSPS) is 22.0. The minimum Gasteiger partial charge on any atom is -0.469 e. The van der Waals surface area contributed by atoms with E-state index in [0.717, 1.165) is 5.56 Å². The van der Waals surface area contributed by atoms with Crippen LogP contribution >= 0.6 is 0 Å². The standard InChI is InChI=1S/C20H27NO6.C12H21NO4/c1-20(2,3)27-18(23)16-11-10-15(17(22)25-4)12-21(16)19(24)26-13-14-8-6-5-7-9-14;1-12(2,3)17-11(15)9-6-5-8(7-13-9)10(14)16-4/h5-9,15-16H,10-13H2,1-4H3;8-9,13H,5-7H2,1-4H3/t15-,16-;8-,9-/m00/s1. The molecule has 1 N–H and O–H groups in total. The molecule has 2 saturated heterocycles. The van der Waals surface area contributed by atoms with Crippen molar-refractivity contribution in [3.8, 4) is 0 Å². The van der Waals surface area contributed by atoms with Crippen molar-refractivity contribution in [2.45, 2.75) is 97.1 Å². The highest BCUT2D eigenvalue weighted by Crippen LogP contribution is 2.26.